The molecule has 6 heteroatoms. The first kappa shape index (κ1) is 32.3. The molecule has 0 fully saturated rings. The third kappa shape index (κ3) is 5.27. The average molecular weight is 743 g/mol. The van der Waals surface area contributed by atoms with Gasteiger partial charge in [-0.1, -0.05) is 140 Å². The standard InChI is InChI=1S/C52H30N4O2/c1-3-9-34(10-4-1)49-54-50(35-20-15-31(16-21-35)37-25-28-45-42(30-37)41-13-7-8-14-44(41)57-45)56-51(55-49)39-23-26-40-38(29-39)22-19-32-17-18-33-24-27-43-48(47(33)46(32)40)58-52(53-43)36-11-5-2-6-12-36/h1-30H. The fourth-order valence-corrected chi connectivity index (χ4v) is 8.26. The lowest BCUT2D eigenvalue weighted by atomic mass is 9.95. The Kier molecular flexibility index (Phi) is 7.13. The number of rotatable bonds is 5. The van der Waals surface area contributed by atoms with Gasteiger partial charge in [-0.05, 0) is 75.1 Å². The van der Waals surface area contributed by atoms with Crippen LogP contribution in [0.3, 0.4) is 0 Å². The van der Waals surface area contributed by atoms with E-state index in [1.54, 1.807) is 0 Å². The minimum absolute atomic E-state index is 0.607. The lowest BCUT2D eigenvalue weighted by molar-refractivity contribution is 0.623. The van der Waals surface area contributed by atoms with E-state index in [0.29, 0.717) is 23.4 Å². The van der Waals surface area contributed by atoms with Crippen molar-refractivity contribution in [3.63, 3.8) is 0 Å². The number of hydrogen-bond donors (Lipinski definition) is 0. The van der Waals surface area contributed by atoms with Gasteiger partial charge >= 0.3 is 0 Å². The van der Waals surface area contributed by atoms with Crippen LogP contribution in [0.4, 0.5) is 0 Å². The molecule has 12 rings (SSSR count). The first-order chi connectivity index (χ1) is 28.7. The second kappa shape index (κ2) is 12.8. The smallest absolute Gasteiger partial charge is 0.227 e. The molecular weight excluding hydrogens is 713 g/mol. The first-order valence-electron chi connectivity index (χ1n) is 19.3. The van der Waals surface area contributed by atoms with Gasteiger partial charge in [-0.2, -0.15) is 0 Å². The summed E-state index contributed by atoms with van der Waals surface area (Å²) in [5, 5.41) is 8.83. The first-order valence-corrected chi connectivity index (χ1v) is 19.3. The second-order valence-corrected chi connectivity index (χ2v) is 14.6. The molecule has 0 aliphatic heterocycles. The van der Waals surface area contributed by atoms with E-state index in [1.165, 1.54) is 0 Å². The highest BCUT2D eigenvalue weighted by Gasteiger charge is 2.17. The number of furan rings is 1. The molecule has 0 bridgehead atoms. The van der Waals surface area contributed by atoms with Gasteiger partial charge in [0, 0.05) is 43.8 Å². The number of nitrogens with zero attached hydrogens (tertiary/aromatic N) is 4. The molecule has 0 atom stereocenters. The Hall–Kier alpha value is -7.96. The van der Waals surface area contributed by atoms with Crippen molar-refractivity contribution >= 4 is 65.4 Å². The van der Waals surface area contributed by atoms with Gasteiger partial charge in [0.15, 0.2) is 23.1 Å². The highest BCUT2D eigenvalue weighted by atomic mass is 16.3. The van der Waals surface area contributed by atoms with Gasteiger partial charge in [-0.25, -0.2) is 19.9 Å². The predicted octanol–water partition coefficient (Wildman–Crippen LogP) is 13.7. The van der Waals surface area contributed by atoms with Crippen molar-refractivity contribution in [3.8, 4) is 56.7 Å². The van der Waals surface area contributed by atoms with Crippen LogP contribution in [0.15, 0.2) is 191 Å². The molecule has 12 aromatic rings. The van der Waals surface area contributed by atoms with Crippen molar-refractivity contribution in [3.05, 3.63) is 182 Å². The summed E-state index contributed by atoms with van der Waals surface area (Å²) in [6.45, 7) is 0. The Balaban J connectivity index is 0.975. The maximum absolute atomic E-state index is 6.55. The molecule has 0 saturated heterocycles. The summed E-state index contributed by atoms with van der Waals surface area (Å²) >= 11 is 0. The molecule has 0 N–H and O–H groups in total. The molecule has 270 valence electrons. The van der Waals surface area contributed by atoms with Crippen LogP contribution >= 0.6 is 0 Å². The number of benzene rings is 9. The highest BCUT2D eigenvalue weighted by Crippen LogP contribution is 2.39. The van der Waals surface area contributed by atoms with Gasteiger partial charge in [0.1, 0.15) is 16.7 Å². The SMILES string of the molecule is c1ccc(-c2nc(-c3ccc(-c4ccc5oc6ccccc6c5c4)cc3)nc(-c3ccc4c(ccc5ccc6ccc7nc(-c8ccccc8)oc7c6c54)c3)n2)cc1. The lowest BCUT2D eigenvalue weighted by Gasteiger charge is -2.11. The number of hydrogen-bond acceptors (Lipinski definition) is 6. The Labute approximate surface area is 331 Å². The summed E-state index contributed by atoms with van der Waals surface area (Å²) in [4.78, 5) is 20.0. The quantitative estimate of drug-likeness (QED) is 0.163. The topological polar surface area (TPSA) is 77.8 Å². The molecule has 0 saturated carbocycles. The number of oxazole rings is 1. The maximum Gasteiger partial charge on any atom is 0.227 e. The minimum atomic E-state index is 0.607. The van der Waals surface area contributed by atoms with Crippen LogP contribution in [0.1, 0.15) is 0 Å². The van der Waals surface area contributed by atoms with Crippen LogP contribution in [0.5, 0.6) is 0 Å². The van der Waals surface area contributed by atoms with Gasteiger partial charge < -0.3 is 8.83 Å². The number of aromatic nitrogens is 4. The zero-order chi connectivity index (χ0) is 38.2. The molecule has 0 aliphatic carbocycles. The Morgan fingerprint density at radius 2 is 0.879 bits per heavy atom. The zero-order valence-corrected chi connectivity index (χ0v) is 30.9. The molecule has 6 nitrogen and oxygen atoms in total. The molecule has 3 aromatic heterocycles. The molecule has 0 amide bonds. The molecular formula is C52H30N4O2. The maximum atomic E-state index is 6.55. The summed E-state index contributed by atoms with van der Waals surface area (Å²) in [5.41, 5.74) is 9.29. The summed E-state index contributed by atoms with van der Waals surface area (Å²) < 4.78 is 12.6. The molecule has 0 aliphatic rings. The van der Waals surface area contributed by atoms with Gasteiger partial charge in [0.05, 0.1) is 0 Å². The predicted molar refractivity (Wildman–Crippen MR) is 234 cm³/mol. The van der Waals surface area contributed by atoms with Crippen LogP contribution < -0.4 is 0 Å². The summed E-state index contributed by atoms with van der Waals surface area (Å²) in [5.74, 6) is 2.45. The van der Waals surface area contributed by atoms with E-state index in [2.05, 4.69) is 91.0 Å². The lowest BCUT2D eigenvalue weighted by Crippen LogP contribution is -2.00. The van der Waals surface area contributed by atoms with Gasteiger partial charge in [0.2, 0.25) is 5.89 Å². The molecule has 58 heavy (non-hydrogen) atoms. The molecule has 0 unspecified atom stereocenters. The van der Waals surface area contributed by atoms with E-state index in [-0.39, 0.29) is 0 Å². The zero-order valence-electron chi connectivity index (χ0n) is 30.9. The average Bonchev–Trinajstić information content (AvgIpc) is 3.91. The van der Waals surface area contributed by atoms with Crippen molar-refractivity contribution < 1.29 is 8.83 Å². The number of fused-ring (bicyclic) bond motifs is 10. The van der Waals surface area contributed by atoms with E-state index >= 15 is 0 Å². The third-order valence-electron chi connectivity index (χ3n) is 11.1. The third-order valence-corrected chi connectivity index (χ3v) is 11.1. The monoisotopic (exact) mass is 742 g/mol. The molecule has 0 radical (unpaired) electrons. The van der Waals surface area contributed by atoms with Crippen molar-refractivity contribution in [1.82, 2.24) is 19.9 Å². The van der Waals surface area contributed by atoms with Crippen molar-refractivity contribution in [2.75, 3.05) is 0 Å². The van der Waals surface area contributed by atoms with Gasteiger partial charge in [-0.15, -0.1) is 0 Å². The van der Waals surface area contributed by atoms with Gasteiger partial charge in [0.25, 0.3) is 0 Å². The van der Waals surface area contributed by atoms with Crippen molar-refractivity contribution in [1.29, 1.82) is 0 Å². The van der Waals surface area contributed by atoms with Crippen LogP contribution in [0.2, 0.25) is 0 Å². The highest BCUT2D eigenvalue weighted by molar-refractivity contribution is 6.26. The molecule has 3 heterocycles. The van der Waals surface area contributed by atoms with Crippen molar-refractivity contribution in [2.45, 2.75) is 0 Å². The number of para-hydroxylation sites is 1. The largest absolute Gasteiger partial charge is 0.456 e. The normalized spacial score (nSPS) is 11.8. The summed E-state index contributed by atoms with van der Waals surface area (Å²) in [6, 6.07) is 62.4. The Morgan fingerprint density at radius 1 is 0.310 bits per heavy atom. The Bertz CT molecular complexity index is 3560. The van der Waals surface area contributed by atoms with Crippen LogP contribution in [0, 0.1) is 0 Å². The van der Waals surface area contributed by atoms with Crippen LogP contribution in [-0.4, -0.2) is 19.9 Å². The van der Waals surface area contributed by atoms with E-state index in [0.717, 1.165) is 98.7 Å². The summed E-state index contributed by atoms with van der Waals surface area (Å²) in [7, 11) is 0. The van der Waals surface area contributed by atoms with Crippen molar-refractivity contribution in [2.24, 2.45) is 0 Å². The fraction of sp³-hybridized carbons (Fsp3) is 0. The van der Waals surface area contributed by atoms with E-state index < -0.39 is 0 Å². The van der Waals surface area contributed by atoms with Crippen LogP contribution in [0.25, 0.3) is 122 Å². The minimum Gasteiger partial charge on any atom is -0.456 e. The van der Waals surface area contributed by atoms with E-state index in [1.807, 2.05) is 91.0 Å². The van der Waals surface area contributed by atoms with E-state index in [9.17, 15) is 0 Å². The van der Waals surface area contributed by atoms with Gasteiger partial charge in [-0.3, -0.25) is 0 Å². The Morgan fingerprint density at radius 3 is 1.66 bits per heavy atom. The summed E-state index contributed by atoms with van der Waals surface area (Å²) in [6.07, 6.45) is 0. The fourth-order valence-electron chi connectivity index (χ4n) is 8.26. The van der Waals surface area contributed by atoms with E-state index in [4.69, 9.17) is 28.8 Å². The second-order valence-electron chi connectivity index (χ2n) is 14.6. The molecule has 0 spiro atoms. The van der Waals surface area contributed by atoms with Crippen LogP contribution in [-0.2, 0) is 0 Å². The molecule has 9 aromatic carbocycles.